The minimum Gasteiger partial charge on any atom is -0.508 e. The third-order valence-corrected chi connectivity index (χ3v) is 3.89. The van der Waals surface area contributed by atoms with Crippen LogP contribution in [0.2, 0.25) is 0 Å². The molecule has 3 rings (SSSR count). The highest BCUT2D eigenvalue weighted by Gasteiger charge is 2.11. The summed E-state index contributed by atoms with van der Waals surface area (Å²) in [6.45, 7) is 2.02. The highest BCUT2D eigenvalue weighted by Crippen LogP contribution is 2.37. The number of fused-ring (bicyclic) bond motifs is 1. The highest BCUT2D eigenvalue weighted by molar-refractivity contribution is 7.21. The number of hydrogen-bond donors (Lipinski definition) is 2. The molecule has 2 aromatic carbocycles. The maximum atomic E-state index is 9.85. The number of phenolic OH excluding ortho intramolecular Hbond substituents is 2. The summed E-state index contributed by atoms with van der Waals surface area (Å²) in [5.74, 6) is 0.0975. The summed E-state index contributed by atoms with van der Waals surface area (Å²) < 4.78 is 1.09. The monoisotopic (exact) mass is 257 g/mol. The summed E-state index contributed by atoms with van der Waals surface area (Å²) in [6, 6.07) is 10.6. The molecule has 1 heterocycles. The van der Waals surface area contributed by atoms with Crippen molar-refractivity contribution in [2.24, 2.45) is 0 Å². The van der Waals surface area contributed by atoms with Crippen molar-refractivity contribution in [3.05, 3.63) is 42.0 Å². The van der Waals surface area contributed by atoms with Crippen molar-refractivity contribution in [1.29, 1.82) is 0 Å². The topological polar surface area (TPSA) is 53.4 Å². The van der Waals surface area contributed by atoms with E-state index in [0.29, 0.717) is 5.56 Å². The van der Waals surface area contributed by atoms with Gasteiger partial charge in [-0.2, -0.15) is 0 Å². The average molecular weight is 257 g/mol. The van der Waals surface area contributed by atoms with E-state index in [4.69, 9.17) is 0 Å². The standard InChI is InChI=1S/C14H11NO2S/c1-8-3-2-4-12-13(8)15-14(18-12)10-6-5-9(16)7-11(10)17/h2-7,16-17H,1H3. The van der Waals surface area contributed by atoms with E-state index >= 15 is 0 Å². The normalized spacial score (nSPS) is 10.9. The first-order valence-electron chi connectivity index (χ1n) is 5.53. The molecule has 1 aromatic heterocycles. The second kappa shape index (κ2) is 3.99. The SMILES string of the molecule is Cc1cccc2sc(-c3ccc(O)cc3O)nc12. The molecule has 3 nitrogen and oxygen atoms in total. The molecule has 0 fully saturated rings. The molecule has 2 N–H and O–H groups in total. The van der Waals surface area contributed by atoms with Crippen LogP contribution in [0.3, 0.4) is 0 Å². The van der Waals surface area contributed by atoms with Gasteiger partial charge in [-0.3, -0.25) is 0 Å². The number of nitrogens with zero attached hydrogens (tertiary/aromatic N) is 1. The van der Waals surface area contributed by atoms with Crippen molar-refractivity contribution < 1.29 is 10.2 Å². The number of aryl methyl sites for hydroxylation is 1. The van der Waals surface area contributed by atoms with Crippen LogP contribution in [0.5, 0.6) is 11.5 Å². The van der Waals surface area contributed by atoms with Crippen LogP contribution in [-0.4, -0.2) is 15.2 Å². The molecule has 90 valence electrons. The van der Waals surface area contributed by atoms with Crippen LogP contribution in [0.4, 0.5) is 0 Å². The smallest absolute Gasteiger partial charge is 0.129 e. The van der Waals surface area contributed by atoms with Gasteiger partial charge in [-0.05, 0) is 30.7 Å². The third-order valence-electron chi connectivity index (χ3n) is 2.83. The molecule has 0 saturated carbocycles. The molecule has 0 bridgehead atoms. The fraction of sp³-hybridized carbons (Fsp3) is 0.0714. The molecule has 0 aliphatic carbocycles. The van der Waals surface area contributed by atoms with Crippen molar-refractivity contribution in [3.63, 3.8) is 0 Å². The number of rotatable bonds is 1. The number of benzene rings is 2. The van der Waals surface area contributed by atoms with Crippen LogP contribution in [0, 0.1) is 6.92 Å². The Labute approximate surface area is 108 Å². The molecule has 0 saturated heterocycles. The van der Waals surface area contributed by atoms with Gasteiger partial charge >= 0.3 is 0 Å². The van der Waals surface area contributed by atoms with Crippen LogP contribution >= 0.6 is 11.3 Å². The van der Waals surface area contributed by atoms with E-state index < -0.39 is 0 Å². The van der Waals surface area contributed by atoms with Crippen molar-refractivity contribution in [2.45, 2.75) is 6.92 Å². The van der Waals surface area contributed by atoms with Gasteiger partial charge in [0.1, 0.15) is 16.5 Å². The van der Waals surface area contributed by atoms with Crippen LogP contribution in [0.15, 0.2) is 36.4 Å². The van der Waals surface area contributed by atoms with Crippen LogP contribution in [0.25, 0.3) is 20.8 Å². The van der Waals surface area contributed by atoms with Crippen molar-refractivity contribution in [2.75, 3.05) is 0 Å². The van der Waals surface area contributed by atoms with Gasteiger partial charge in [0.15, 0.2) is 0 Å². The second-order valence-electron chi connectivity index (χ2n) is 4.14. The minimum absolute atomic E-state index is 0.0479. The molecule has 0 atom stereocenters. The lowest BCUT2D eigenvalue weighted by Gasteiger charge is -2.00. The summed E-state index contributed by atoms with van der Waals surface area (Å²) in [5.41, 5.74) is 2.73. The van der Waals surface area contributed by atoms with Crippen LogP contribution in [0.1, 0.15) is 5.56 Å². The van der Waals surface area contributed by atoms with Crippen molar-refractivity contribution >= 4 is 21.6 Å². The lowest BCUT2D eigenvalue weighted by atomic mass is 10.2. The molecule has 18 heavy (non-hydrogen) atoms. The van der Waals surface area contributed by atoms with Crippen LogP contribution < -0.4 is 0 Å². The number of thiazole rings is 1. The largest absolute Gasteiger partial charge is 0.508 e. The molecule has 0 unspecified atom stereocenters. The Balaban J connectivity index is 2.23. The zero-order chi connectivity index (χ0) is 12.7. The average Bonchev–Trinajstić information content (AvgIpc) is 2.74. The predicted octanol–water partition coefficient (Wildman–Crippen LogP) is 3.68. The van der Waals surface area contributed by atoms with Gasteiger partial charge in [-0.1, -0.05) is 12.1 Å². The Kier molecular flexibility index (Phi) is 2.45. The maximum absolute atomic E-state index is 9.85. The Bertz CT molecular complexity index is 734. The molecule has 0 aliphatic rings. The number of aromatic nitrogens is 1. The summed E-state index contributed by atoms with van der Waals surface area (Å²) in [5, 5.41) is 19.9. The first-order chi connectivity index (χ1) is 8.65. The quantitative estimate of drug-likeness (QED) is 0.699. The number of para-hydroxylation sites is 1. The Morgan fingerprint density at radius 3 is 2.67 bits per heavy atom. The van der Waals surface area contributed by atoms with E-state index in [9.17, 15) is 10.2 Å². The van der Waals surface area contributed by atoms with Gasteiger partial charge in [0.2, 0.25) is 0 Å². The van der Waals surface area contributed by atoms with E-state index in [1.807, 2.05) is 25.1 Å². The number of aromatic hydroxyl groups is 2. The highest BCUT2D eigenvalue weighted by atomic mass is 32.1. The minimum atomic E-state index is 0.0479. The maximum Gasteiger partial charge on any atom is 0.129 e. The van der Waals surface area contributed by atoms with E-state index in [1.54, 1.807) is 12.1 Å². The molecule has 0 aliphatic heterocycles. The fourth-order valence-electron chi connectivity index (χ4n) is 1.90. The second-order valence-corrected chi connectivity index (χ2v) is 5.17. The third kappa shape index (κ3) is 1.71. The van der Waals surface area contributed by atoms with E-state index in [2.05, 4.69) is 4.98 Å². The molecular weight excluding hydrogens is 246 g/mol. The molecular formula is C14H11NO2S. The van der Waals surface area contributed by atoms with Gasteiger partial charge < -0.3 is 10.2 Å². The van der Waals surface area contributed by atoms with Gasteiger partial charge in [0.25, 0.3) is 0 Å². The number of hydrogen-bond acceptors (Lipinski definition) is 4. The van der Waals surface area contributed by atoms with Gasteiger partial charge in [-0.25, -0.2) is 4.98 Å². The first kappa shape index (κ1) is 11.0. The zero-order valence-corrected chi connectivity index (χ0v) is 10.5. The van der Waals surface area contributed by atoms with Crippen LogP contribution in [-0.2, 0) is 0 Å². The molecule has 4 heteroatoms. The fourth-order valence-corrected chi connectivity index (χ4v) is 2.98. The molecule has 0 radical (unpaired) electrons. The first-order valence-corrected chi connectivity index (χ1v) is 6.35. The summed E-state index contributed by atoms with van der Waals surface area (Å²) in [7, 11) is 0. The van der Waals surface area contributed by atoms with Gasteiger partial charge in [0.05, 0.1) is 15.8 Å². The Morgan fingerprint density at radius 1 is 1.11 bits per heavy atom. The molecule has 3 aromatic rings. The van der Waals surface area contributed by atoms with Crippen molar-refractivity contribution in [1.82, 2.24) is 4.98 Å². The Hall–Kier alpha value is -2.07. The summed E-state index contributed by atoms with van der Waals surface area (Å²) >= 11 is 1.53. The van der Waals surface area contributed by atoms with E-state index in [0.717, 1.165) is 20.8 Å². The molecule has 0 amide bonds. The van der Waals surface area contributed by atoms with E-state index in [-0.39, 0.29) is 11.5 Å². The lowest BCUT2D eigenvalue weighted by Crippen LogP contribution is -1.79. The van der Waals surface area contributed by atoms with E-state index in [1.165, 1.54) is 17.4 Å². The summed E-state index contributed by atoms with van der Waals surface area (Å²) in [4.78, 5) is 4.55. The predicted molar refractivity (Wildman–Crippen MR) is 73.1 cm³/mol. The zero-order valence-electron chi connectivity index (χ0n) is 9.71. The lowest BCUT2D eigenvalue weighted by molar-refractivity contribution is 0.452. The molecule has 0 spiro atoms. The number of phenols is 2. The van der Waals surface area contributed by atoms with Gasteiger partial charge in [0, 0.05) is 6.07 Å². The summed E-state index contributed by atoms with van der Waals surface area (Å²) in [6.07, 6.45) is 0. The van der Waals surface area contributed by atoms with Crippen molar-refractivity contribution in [3.8, 4) is 22.1 Å². The van der Waals surface area contributed by atoms with Gasteiger partial charge in [-0.15, -0.1) is 11.3 Å². The Morgan fingerprint density at radius 2 is 1.94 bits per heavy atom.